The van der Waals surface area contributed by atoms with Crippen LogP contribution in [0, 0.1) is 0 Å². The number of nitrogens with one attached hydrogen (secondary N) is 1. The van der Waals surface area contributed by atoms with Crippen LogP contribution in [-0.2, 0) is 0 Å². The maximum absolute atomic E-state index is 5.76. The summed E-state index contributed by atoms with van der Waals surface area (Å²) in [6.45, 7) is 4.11. The van der Waals surface area contributed by atoms with Crippen molar-refractivity contribution >= 4 is 16.8 Å². The average molecular weight is 219 g/mol. The van der Waals surface area contributed by atoms with Crippen molar-refractivity contribution in [2.75, 3.05) is 5.32 Å². The number of nitrogens with two attached hydrogens (primary N) is 1. The molecule has 0 saturated carbocycles. The van der Waals surface area contributed by atoms with E-state index in [1.54, 1.807) is 12.5 Å². The average Bonchev–Trinajstić information content (AvgIpc) is 2.65. The molecule has 0 fully saturated rings. The number of hydrogen-bond acceptors (Lipinski definition) is 4. The van der Waals surface area contributed by atoms with Crippen molar-refractivity contribution in [2.45, 2.75) is 32.4 Å². The third-order valence-electron chi connectivity index (χ3n) is 2.49. The van der Waals surface area contributed by atoms with Gasteiger partial charge < -0.3 is 15.5 Å². The highest BCUT2D eigenvalue weighted by atomic mass is 16.3. The van der Waals surface area contributed by atoms with E-state index < -0.39 is 0 Å². The van der Waals surface area contributed by atoms with Crippen LogP contribution in [0.25, 0.3) is 11.0 Å². The molecule has 0 saturated heterocycles. The summed E-state index contributed by atoms with van der Waals surface area (Å²) in [5.74, 6) is 0.861. The molecule has 4 heteroatoms. The van der Waals surface area contributed by atoms with Gasteiger partial charge in [0.25, 0.3) is 0 Å². The highest BCUT2D eigenvalue weighted by Gasteiger charge is 2.09. The Kier molecular flexibility index (Phi) is 3.10. The quantitative estimate of drug-likeness (QED) is 0.828. The molecule has 2 atom stereocenters. The number of nitrogens with zero attached hydrogens (tertiary/aromatic N) is 1. The molecule has 0 radical (unpaired) electrons. The Hall–Kier alpha value is -1.55. The fourth-order valence-electron chi connectivity index (χ4n) is 1.86. The van der Waals surface area contributed by atoms with Crippen LogP contribution in [0.3, 0.4) is 0 Å². The van der Waals surface area contributed by atoms with Gasteiger partial charge in [0.2, 0.25) is 0 Å². The Morgan fingerprint density at radius 1 is 1.44 bits per heavy atom. The molecule has 16 heavy (non-hydrogen) atoms. The predicted molar refractivity (Wildman–Crippen MR) is 65.4 cm³/mol. The van der Waals surface area contributed by atoms with Crippen LogP contribution in [-0.4, -0.2) is 17.1 Å². The molecule has 0 aliphatic carbocycles. The van der Waals surface area contributed by atoms with Gasteiger partial charge in [-0.25, -0.2) is 4.98 Å². The first-order chi connectivity index (χ1) is 7.66. The third-order valence-corrected chi connectivity index (χ3v) is 2.49. The summed E-state index contributed by atoms with van der Waals surface area (Å²) in [5.41, 5.74) is 6.61. The number of pyridine rings is 1. The minimum Gasteiger partial charge on any atom is -0.464 e. The fourth-order valence-corrected chi connectivity index (χ4v) is 1.86. The maximum atomic E-state index is 5.76. The van der Waals surface area contributed by atoms with E-state index in [2.05, 4.69) is 17.2 Å². The minimum absolute atomic E-state index is 0.186. The van der Waals surface area contributed by atoms with Gasteiger partial charge >= 0.3 is 0 Å². The van der Waals surface area contributed by atoms with Crippen molar-refractivity contribution in [2.24, 2.45) is 5.73 Å². The van der Waals surface area contributed by atoms with Crippen molar-refractivity contribution in [1.82, 2.24) is 4.98 Å². The zero-order valence-corrected chi connectivity index (χ0v) is 9.60. The molecule has 2 rings (SSSR count). The number of furan rings is 1. The van der Waals surface area contributed by atoms with Gasteiger partial charge in [-0.3, -0.25) is 0 Å². The molecule has 0 aliphatic rings. The van der Waals surface area contributed by atoms with Gasteiger partial charge in [0.05, 0.1) is 11.6 Å². The molecule has 0 spiro atoms. The van der Waals surface area contributed by atoms with Gasteiger partial charge in [0.15, 0.2) is 0 Å². The summed E-state index contributed by atoms with van der Waals surface area (Å²) in [7, 11) is 0. The number of fused-ring (bicyclic) bond motifs is 1. The second-order valence-corrected chi connectivity index (χ2v) is 4.25. The summed E-state index contributed by atoms with van der Waals surface area (Å²) in [4.78, 5) is 4.31. The molecule has 0 bridgehead atoms. The first-order valence-corrected chi connectivity index (χ1v) is 5.51. The lowest BCUT2D eigenvalue weighted by atomic mass is 10.1. The van der Waals surface area contributed by atoms with Crippen molar-refractivity contribution in [3.63, 3.8) is 0 Å². The molecule has 4 nitrogen and oxygen atoms in total. The van der Waals surface area contributed by atoms with E-state index in [1.165, 1.54) is 0 Å². The van der Waals surface area contributed by atoms with Crippen molar-refractivity contribution in [3.05, 3.63) is 24.6 Å². The second-order valence-electron chi connectivity index (χ2n) is 4.25. The summed E-state index contributed by atoms with van der Waals surface area (Å²) in [5, 5.41) is 4.36. The Morgan fingerprint density at radius 3 is 3.00 bits per heavy atom. The highest BCUT2D eigenvalue weighted by Crippen LogP contribution is 2.22. The molecule has 86 valence electrons. The summed E-state index contributed by atoms with van der Waals surface area (Å²) in [6, 6.07) is 4.26. The number of anilines is 1. The van der Waals surface area contributed by atoms with E-state index in [4.69, 9.17) is 10.2 Å². The molecular formula is C12H17N3O. The SMILES string of the molecule is CC(N)CC(C)Nc1nccc2occc12. The minimum atomic E-state index is 0.186. The second kappa shape index (κ2) is 4.53. The topological polar surface area (TPSA) is 64.1 Å². The van der Waals surface area contributed by atoms with Gasteiger partial charge in [0.1, 0.15) is 11.4 Å². The van der Waals surface area contributed by atoms with Crippen LogP contribution in [0.15, 0.2) is 29.0 Å². The molecule has 0 aromatic carbocycles. The smallest absolute Gasteiger partial charge is 0.139 e. The molecular weight excluding hydrogens is 202 g/mol. The van der Waals surface area contributed by atoms with Gasteiger partial charge in [-0.05, 0) is 32.4 Å². The maximum Gasteiger partial charge on any atom is 0.139 e. The van der Waals surface area contributed by atoms with Crippen molar-refractivity contribution < 1.29 is 4.42 Å². The van der Waals surface area contributed by atoms with Crippen LogP contribution in [0.1, 0.15) is 20.3 Å². The Labute approximate surface area is 94.8 Å². The van der Waals surface area contributed by atoms with E-state index in [0.29, 0.717) is 6.04 Å². The molecule has 2 unspecified atom stereocenters. The fraction of sp³-hybridized carbons (Fsp3) is 0.417. The Morgan fingerprint density at radius 2 is 2.25 bits per heavy atom. The molecule has 2 aromatic heterocycles. The monoisotopic (exact) mass is 219 g/mol. The normalized spacial score (nSPS) is 14.9. The van der Waals surface area contributed by atoms with E-state index in [-0.39, 0.29) is 6.04 Å². The Balaban J connectivity index is 2.17. The first-order valence-electron chi connectivity index (χ1n) is 5.51. The van der Waals surface area contributed by atoms with Gasteiger partial charge in [-0.2, -0.15) is 0 Å². The van der Waals surface area contributed by atoms with E-state index in [0.717, 1.165) is 23.2 Å². The lowest BCUT2D eigenvalue weighted by Gasteiger charge is -2.16. The standard InChI is InChI=1S/C12H17N3O/c1-8(13)7-9(2)15-12-10-4-6-16-11(10)3-5-14-12/h3-6,8-9H,7,13H2,1-2H3,(H,14,15). The zero-order chi connectivity index (χ0) is 11.5. The van der Waals surface area contributed by atoms with Gasteiger partial charge in [-0.15, -0.1) is 0 Å². The molecule has 3 N–H and O–H groups in total. The predicted octanol–water partition coefficient (Wildman–Crippen LogP) is 2.37. The molecule has 0 amide bonds. The summed E-state index contributed by atoms with van der Waals surface area (Å²) in [6.07, 6.45) is 4.33. The van der Waals surface area contributed by atoms with Crippen LogP contribution in [0.4, 0.5) is 5.82 Å². The van der Waals surface area contributed by atoms with Crippen molar-refractivity contribution in [1.29, 1.82) is 0 Å². The van der Waals surface area contributed by atoms with Crippen LogP contribution < -0.4 is 11.1 Å². The van der Waals surface area contributed by atoms with Gasteiger partial charge in [-0.1, -0.05) is 0 Å². The van der Waals surface area contributed by atoms with Crippen LogP contribution >= 0.6 is 0 Å². The summed E-state index contributed by atoms with van der Waals surface area (Å²) >= 11 is 0. The van der Waals surface area contributed by atoms with Crippen LogP contribution in [0.5, 0.6) is 0 Å². The number of hydrogen-bond donors (Lipinski definition) is 2. The highest BCUT2D eigenvalue weighted by molar-refractivity contribution is 5.87. The van der Waals surface area contributed by atoms with Crippen LogP contribution in [0.2, 0.25) is 0 Å². The lowest BCUT2D eigenvalue weighted by molar-refractivity contribution is 0.603. The lowest BCUT2D eigenvalue weighted by Crippen LogP contribution is -2.26. The largest absolute Gasteiger partial charge is 0.464 e. The Bertz CT molecular complexity index is 464. The zero-order valence-electron chi connectivity index (χ0n) is 9.60. The molecule has 2 aromatic rings. The molecule has 0 aliphatic heterocycles. The number of rotatable bonds is 4. The molecule has 2 heterocycles. The van der Waals surface area contributed by atoms with E-state index in [1.807, 2.05) is 19.1 Å². The van der Waals surface area contributed by atoms with Gasteiger partial charge in [0, 0.05) is 18.3 Å². The van der Waals surface area contributed by atoms with Crippen molar-refractivity contribution in [3.8, 4) is 0 Å². The summed E-state index contributed by atoms with van der Waals surface area (Å²) < 4.78 is 5.32. The van der Waals surface area contributed by atoms with E-state index in [9.17, 15) is 0 Å². The third kappa shape index (κ3) is 2.33. The first kappa shape index (κ1) is 11.0. The number of aromatic nitrogens is 1. The van der Waals surface area contributed by atoms with E-state index >= 15 is 0 Å².